The van der Waals surface area contributed by atoms with Gasteiger partial charge in [0.25, 0.3) is 0 Å². The van der Waals surface area contributed by atoms with E-state index in [0.717, 1.165) is 0 Å². The summed E-state index contributed by atoms with van der Waals surface area (Å²) in [5.41, 5.74) is 6.54. The zero-order chi connectivity index (χ0) is 15.4. The van der Waals surface area contributed by atoms with E-state index in [1.165, 1.54) is 19.2 Å². The molecular formula is C15H13BrFNO3. The molecule has 0 unspecified atom stereocenters. The summed E-state index contributed by atoms with van der Waals surface area (Å²) in [7, 11) is 1.44. The second-order valence-electron chi connectivity index (χ2n) is 4.27. The second kappa shape index (κ2) is 6.58. The molecule has 0 heterocycles. The van der Waals surface area contributed by atoms with Gasteiger partial charge in [-0.1, -0.05) is 15.9 Å². The van der Waals surface area contributed by atoms with Crippen LogP contribution in [0, 0.1) is 5.82 Å². The number of anilines is 1. The van der Waals surface area contributed by atoms with Crippen LogP contribution in [0.3, 0.4) is 0 Å². The summed E-state index contributed by atoms with van der Waals surface area (Å²) in [6.45, 7) is -0.179. The Morgan fingerprint density at radius 1 is 1.29 bits per heavy atom. The van der Waals surface area contributed by atoms with Crippen LogP contribution in [-0.4, -0.2) is 13.1 Å². The quantitative estimate of drug-likeness (QED) is 0.674. The van der Waals surface area contributed by atoms with Gasteiger partial charge in [-0.3, -0.25) is 0 Å². The van der Waals surface area contributed by atoms with Crippen molar-refractivity contribution in [1.29, 1.82) is 0 Å². The number of ether oxygens (including phenoxy) is 2. The van der Waals surface area contributed by atoms with Crippen molar-refractivity contribution >= 4 is 27.6 Å². The van der Waals surface area contributed by atoms with Crippen LogP contribution < -0.4 is 10.5 Å². The standard InChI is InChI=1S/C15H13BrFNO3/c1-20-14-5-3-11(18)7-12(14)15(19)21-8-9-6-10(16)2-4-13(9)17/h2-7H,8,18H2,1H3. The molecule has 2 aromatic rings. The number of nitrogens with two attached hydrogens (primary N) is 1. The first-order valence-electron chi connectivity index (χ1n) is 6.06. The number of benzene rings is 2. The van der Waals surface area contributed by atoms with Gasteiger partial charge in [0.05, 0.1) is 7.11 Å². The van der Waals surface area contributed by atoms with Gasteiger partial charge in [-0.25, -0.2) is 9.18 Å². The molecule has 0 amide bonds. The fourth-order valence-corrected chi connectivity index (χ4v) is 2.17. The van der Waals surface area contributed by atoms with Crippen molar-refractivity contribution in [2.75, 3.05) is 12.8 Å². The maximum atomic E-state index is 13.6. The van der Waals surface area contributed by atoms with E-state index >= 15 is 0 Å². The maximum absolute atomic E-state index is 13.6. The zero-order valence-corrected chi connectivity index (χ0v) is 12.8. The van der Waals surface area contributed by atoms with E-state index in [0.29, 0.717) is 15.9 Å². The van der Waals surface area contributed by atoms with Crippen molar-refractivity contribution in [3.63, 3.8) is 0 Å². The van der Waals surface area contributed by atoms with Gasteiger partial charge in [0.2, 0.25) is 0 Å². The highest BCUT2D eigenvalue weighted by molar-refractivity contribution is 9.10. The van der Waals surface area contributed by atoms with Crippen LogP contribution in [0.15, 0.2) is 40.9 Å². The Morgan fingerprint density at radius 3 is 2.76 bits per heavy atom. The lowest BCUT2D eigenvalue weighted by molar-refractivity contribution is 0.0465. The number of carbonyl (C=O) groups is 1. The average molecular weight is 354 g/mol. The summed E-state index contributed by atoms with van der Waals surface area (Å²) in [6.07, 6.45) is 0. The lowest BCUT2D eigenvalue weighted by Gasteiger charge is -2.10. The molecule has 0 radical (unpaired) electrons. The third-order valence-corrected chi connectivity index (χ3v) is 3.30. The molecule has 2 rings (SSSR count). The Labute approximate surface area is 129 Å². The van der Waals surface area contributed by atoms with Crippen LogP contribution in [0.5, 0.6) is 5.75 Å². The van der Waals surface area contributed by atoms with Gasteiger partial charge in [0, 0.05) is 15.7 Å². The summed E-state index contributed by atoms with van der Waals surface area (Å²) in [6, 6.07) is 9.07. The number of rotatable bonds is 4. The van der Waals surface area contributed by atoms with Gasteiger partial charge in [-0.15, -0.1) is 0 Å². The van der Waals surface area contributed by atoms with Crippen LogP contribution in [-0.2, 0) is 11.3 Å². The predicted octanol–water partition coefficient (Wildman–Crippen LogP) is 3.54. The Bertz CT molecular complexity index is 676. The van der Waals surface area contributed by atoms with E-state index in [2.05, 4.69) is 15.9 Å². The molecule has 4 nitrogen and oxygen atoms in total. The molecule has 0 bridgehead atoms. The van der Waals surface area contributed by atoms with E-state index in [-0.39, 0.29) is 17.7 Å². The molecule has 2 N–H and O–H groups in total. The van der Waals surface area contributed by atoms with Gasteiger partial charge in [0.1, 0.15) is 23.7 Å². The second-order valence-corrected chi connectivity index (χ2v) is 5.19. The van der Waals surface area contributed by atoms with Gasteiger partial charge < -0.3 is 15.2 Å². The van der Waals surface area contributed by atoms with Crippen LogP contribution in [0.2, 0.25) is 0 Å². The van der Waals surface area contributed by atoms with Crippen LogP contribution in [0.1, 0.15) is 15.9 Å². The number of nitrogen functional groups attached to an aromatic ring is 1. The lowest BCUT2D eigenvalue weighted by atomic mass is 10.2. The fraction of sp³-hybridized carbons (Fsp3) is 0.133. The molecule has 0 aromatic heterocycles. The van der Waals surface area contributed by atoms with Crippen LogP contribution in [0.4, 0.5) is 10.1 Å². The van der Waals surface area contributed by atoms with E-state index in [9.17, 15) is 9.18 Å². The minimum atomic E-state index is -0.626. The molecule has 0 atom stereocenters. The highest BCUT2D eigenvalue weighted by atomic mass is 79.9. The van der Waals surface area contributed by atoms with E-state index in [4.69, 9.17) is 15.2 Å². The third-order valence-electron chi connectivity index (χ3n) is 2.81. The summed E-state index contributed by atoms with van der Waals surface area (Å²) in [5.74, 6) is -0.715. The zero-order valence-electron chi connectivity index (χ0n) is 11.2. The van der Waals surface area contributed by atoms with Crippen LogP contribution in [0.25, 0.3) is 0 Å². The Balaban J connectivity index is 2.15. The normalized spacial score (nSPS) is 10.2. The molecule has 0 spiro atoms. The fourth-order valence-electron chi connectivity index (χ4n) is 1.76. The van der Waals surface area contributed by atoms with Crippen LogP contribution >= 0.6 is 15.9 Å². The molecule has 0 aliphatic carbocycles. The van der Waals surface area contributed by atoms with Crippen molar-refractivity contribution in [3.8, 4) is 5.75 Å². The molecule has 21 heavy (non-hydrogen) atoms. The lowest BCUT2D eigenvalue weighted by Crippen LogP contribution is -2.08. The molecule has 0 aliphatic rings. The molecule has 2 aromatic carbocycles. The van der Waals surface area contributed by atoms with Crippen molar-refractivity contribution in [3.05, 3.63) is 57.8 Å². The van der Waals surface area contributed by atoms with E-state index in [1.54, 1.807) is 24.3 Å². The highest BCUT2D eigenvalue weighted by Gasteiger charge is 2.15. The predicted molar refractivity (Wildman–Crippen MR) is 80.6 cm³/mol. The number of halogens is 2. The average Bonchev–Trinajstić information content (AvgIpc) is 2.47. The maximum Gasteiger partial charge on any atom is 0.342 e. The summed E-state index contributed by atoms with van der Waals surface area (Å²) in [4.78, 5) is 12.1. The minimum Gasteiger partial charge on any atom is -0.496 e. The SMILES string of the molecule is COc1ccc(N)cc1C(=O)OCc1cc(Br)ccc1F. The van der Waals surface area contributed by atoms with E-state index in [1.807, 2.05) is 0 Å². The van der Waals surface area contributed by atoms with Gasteiger partial charge in [0.15, 0.2) is 0 Å². The Hall–Kier alpha value is -2.08. The topological polar surface area (TPSA) is 61.5 Å². The van der Waals surface area contributed by atoms with Gasteiger partial charge >= 0.3 is 5.97 Å². The number of esters is 1. The van der Waals surface area contributed by atoms with Gasteiger partial charge in [-0.05, 0) is 36.4 Å². The van der Waals surface area contributed by atoms with Crippen molar-refractivity contribution in [1.82, 2.24) is 0 Å². The first-order valence-corrected chi connectivity index (χ1v) is 6.85. The number of methoxy groups -OCH3 is 1. The summed E-state index contributed by atoms with van der Waals surface area (Å²) >= 11 is 3.24. The highest BCUT2D eigenvalue weighted by Crippen LogP contribution is 2.23. The van der Waals surface area contributed by atoms with Gasteiger partial charge in [-0.2, -0.15) is 0 Å². The van der Waals surface area contributed by atoms with Crippen molar-refractivity contribution in [2.45, 2.75) is 6.61 Å². The summed E-state index contributed by atoms with van der Waals surface area (Å²) in [5, 5.41) is 0. The smallest absolute Gasteiger partial charge is 0.342 e. The molecular weight excluding hydrogens is 341 g/mol. The summed E-state index contributed by atoms with van der Waals surface area (Å²) < 4.78 is 24.5. The monoisotopic (exact) mass is 353 g/mol. The van der Waals surface area contributed by atoms with E-state index < -0.39 is 11.8 Å². The Kier molecular flexibility index (Phi) is 4.80. The minimum absolute atomic E-state index is 0.179. The molecule has 0 aliphatic heterocycles. The van der Waals surface area contributed by atoms with Crippen molar-refractivity contribution < 1.29 is 18.7 Å². The molecule has 0 saturated carbocycles. The third kappa shape index (κ3) is 3.72. The molecule has 6 heteroatoms. The number of hydrogen-bond acceptors (Lipinski definition) is 4. The van der Waals surface area contributed by atoms with Crippen molar-refractivity contribution in [2.24, 2.45) is 0 Å². The Morgan fingerprint density at radius 2 is 2.05 bits per heavy atom. The number of hydrogen-bond donors (Lipinski definition) is 1. The first-order chi connectivity index (χ1) is 10.0. The first kappa shape index (κ1) is 15.3. The molecule has 0 fully saturated rings. The molecule has 0 saturated heterocycles. The molecule has 110 valence electrons. The largest absolute Gasteiger partial charge is 0.496 e. The number of carbonyl (C=O) groups excluding carboxylic acids is 1.